The van der Waals surface area contributed by atoms with Crippen LogP contribution in [0.15, 0.2) is 24.3 Å². The lowest BCUT2D eigenvalue weighted by molar-refractivity contribution is -0.117. The zero-order chi connectivity index (χ0) is 12.8. The molecule has 1 aromatic carbocycles. The van der Waals surface area contributed by atoms with Crippen LogP contribution in [0.4, 0.5) is 4.79 Å². The Bertz CT molecular complexity index is 421. The summed E-state index contributed by atoms with van der Waals surface area (Å²) in [5.74, 6) is -0.743. The highest BCUT2D eigenvalue weighted by Crippen LogP contribution is 2.16. The van der Waals surface area contributed by atoms with Gasteiger partial charge in [-0.25, -0.2) is 4.79 Å². The number of halogens is 1. The summed E-state index contributed by atoms with van der Waals surface area (Å²) in [6, 6.07) is 7.04. The molecule has 5 heteroatoms. The maximum absolute atomic E-state index is 11.4. The van der Waals surface area contributed by atoms with Gasteiger partial charge < -0.3 is 5.32 Å². The summed E-state index contributed by atoms with van der Waals surface area (Å²) in [6.07, 6.45) is 0. The second kappa shape index (κ2) is 6.25. The second-order valence-corrected chi connectivity index (χ2v) is 4.00. The van der Waals surface area contributed by atoms with Crippen molar-refractivity contribution in [2.75, 3.05) is 5.88 Å². The van der Waals surface area contributed by atoms with E-state index in [2.05, 4.69) is 10.6 Å². The Labute approximate surface area is 105 Å². The van der Waals surface area contributed by atoms with Gasteiger partial charge in [0, 0.05) is 0 Å². The molecule has 1 atom stereocenters. The average Bonchev–Trinajstić information content (AvgIpc) is 2.29. The third-order valence-electron chi connectivity index (χ3n) is 2.38. The number of hydrogen-bond acceptors (Lipinski definition) is 2. The zero-order valence-corrected chi connectivity index (χ0v) is 10.5. The van der Waals surface area contributed by atoms with Crippen molar-refractivity contribution in [3.8, 4) is 0 Å². The Morgan fingerprint density at radius 2 is 2.00 bits per heavy atom. The van der Waals surface area contributed by atoms with E-state index in [4.69, 9.17) is 11.6 Å². The number of benzene rings is 1. The molecule has 0 aliphatic heterocycles. The summed E-state index contributed by atoms with van der Waals surface area (Å²) in [6.45, 7) is 3.82. The van der Waals surface area contributed by atoms with Gasteiger partial charge in [-0.05, 0) is 25.0 Å². The van der Waals surface area contributed by atoms with Crippen molar-refractivity contribution < 1.29 is 9.59 Å². The molecule has 0 saturated carbocycles. The van der Waals surface area contributed by atoms with E-state index >= 15 is 0 Å². The Kier molecular flexibility index (Phi) is 4.97. The summed E-state index contributed by atoms with van der Waals surface area (Å²) < 4.78 is 0. The van der Waals surface area contributed by atoms with Gasteiger partial charge in [-0.1, -0.05) is 24.3 Å². The first kappa shape index (κ1) is 13.5. The lowest BCUT2D eigenvalue weighted by atomic mass is 10.0. The standard InChI is InChI=1S/C12H15ClN2O2/c1-8-5-3-4-6-10(8)9(2)14-12(17)15-11(16)7-13/h3-6,9H,7H2,1-2H3,(H2,14,15,16,17). The molecule has 2 N–H and O–H groups in total. The molecular formula is C12H15ClN2O2. The maximum atomic E-state index is 11.4. The minimum atomic E-state index is -0.536. The first-order valence-corrected chi connectivity index (χ1v) is 5.80. The molecule has 0 radical (unpaired) electrons. The molecule has 4 nitrogen and oxygen atoms in total. The van der Waals surface area contributed by atoms with E-state index < -0.39 is 11.9 Å². The molecule has 0 aliphatic carbocycles. The van der Waals surface area contributed by atoms with Crippen LogP contribution in [0.25, 0.3) is 0 Å². The van der Waals surface area contributed by atoms with E-state index in [1.807, 2.05) is 38.1 Å². The number of alkyl halides is 1. The molecule has 0 aliphatic rings. The molecule has 3 amide bonds. The highest BCUT2D eigenvalue weighted by atomic mass is 35.5. The van der Waals surface area contributed by atoms with Crippen LogP contribution >= 0.6 is 11.6 Å². The summed E-state index contributed by atoms with van der Waals surface area (Å²) in [7, 11) is 0. The molecule has 0 heterocycles. The van der Waals surface area contributed by atoms with Gasteiger partial charge in [-0.15, -0.1) is 11.6 Å². The molecule has 1 aromatic rings. The molecule has 1 unspecified atom stereocenters. The first-order valence-electron chi connectivity index (χ1n) is 5.26. The van der Waals surface area contributed by atoms with Crippen molar-refractivity contribution in [2.24, 2.45) is 0 Å². The molecule has 0 spiro atoms. The number of imide groups is 1. The summed E-state index contributed by atoms with van der Waals surface area (Å²) in [5.41, 5.74) is 2.10. The zero-order valence-electron chi connectivity index (χ0n) is 9.79. The smallest absolute Gasteiger partial charge is 0.321 e. The SMILES string of the molecule is Cc1ccccc1C(C)NC(=O)NC(=O)CCl. The van der Waals surface area contributed by atoms with E-state index in [9.17, 15) is 9.59 Å². The highest BCUT2D eigenvalue weighted by Gasteiger charge is 2.12. The highest BCUT2D eigenvalue weighted by molar-refractivity contribution is 6.28. The fraction of sp³-hybridized carbons (Fsp3) is 0.333. The Hall–Kier alpha value is -1.55. The van der Waals surface area contributed by atoms with E-state index in [-0.39, 0.29) is 11.9 Å². The van der Waals surface area contributed by atoms with Crippen molar-refractivity contribution in [3.63, 3.8) is 0 Å². The monoisotopic (exact) mass is 254 g/mol. The van der Waals surface area contributed by atoms with Crippen molar-refractivity contribution >= 4 is 23.5 Å². The summed E-state index contributed by atoms with van der Waals surface area (Å²) >= 11 is 5.28. The van der Waals surface area contributed by atoms with Crippen LogP contribution in [0.2, 0.25) is 0 Å². The number of carbonyl (C=O) groups excluding carboxylic acids is 2. The maximum Gasteiger partial charge on any atom is 0.321 e. The van der Waals surface area contributed by atoms with Gasteiger partial charge in [-0.2, -0.15) is 0 Å². The van der Waals surface area contributed by atoms with Crippen LogP contribution in [0.1, 0.15) is 24.1 Å². The van der Waals surface area contributed by atoms with Gasteiger partial charge in [0.1, 0.15) is 5.88 Å². The quantitative estimate of drug-likeness (QED) is 0.812. The van der Waals surface area contributed by atoms with E-state index in [1.165, 1.54) is 0 Å². The fourth-order valence-corrected chi connectivity index (χ4v) is 1.61. The lowest BCUT2D eigenvalue weighted by Crippen LogP contribution is -2.41. The van der Waals surface area contributed by atoms with Gasteiger partial charge >= 0.3 is 6.03 Å². The summed E-state index contributed by atoms with van der Waals surface area (Å²) in [4.78, 5) is 22.3. The number of carbonyl (C=O) groups is 2. The van der Waals surface area contributed by atoms with Gasteiger partial charge in [0.05, 0.1) is 6.04 Å². The topological polar surface area (TPSA) is 58.2 Å². The third-order valence-corrected chi connectivity index (χ3v) is 2.62. The molecule has 0 saturated heterocycles. The Balaban J connectivity index is 2.61. The van der Waals surface area contributed by atoms with Gasteiger partial charge in [0.15, 0.2) is 0 Å². The van der Waals surface area contributed by atoms with E-state index in [1.54, 1.807) is 0 Å². The number of hydrogen-bond donors (Lipinski definition) is 2. The predicted molar refractivity (Wildman–Crippen MR) is 67.0 cm³/mol. The molecule has 0 aromatic heterocycles. The van der Waals surface area contributed by atoms with Gasteiger partial charge in [-0.3, -0.25) is 10.1 Å². The van der Waals surface area contributed by atoms with E-state index in [0.29, 0.717) is 0 Å². The van der Waals surface area contributed by atoms with Crippen LogP contribution in [-0.4, -0.2) is 17.8 Å². The minimum absolute atomic E-state index is 0.167. The van der Waals surface area contributed by atoms with Crippen LogP contribution in [-0.2, 0) is 4.79 Å². The van der Waals surface area contributed by atoms with Crippen LogP contribution < -0.4 is 10.6 Å². The Morgan fingerprint density at radius 1 is 1.35 bits per heavy atom. The van der Waals surface area contributed by atoms with Crippen LogP contribution in [0, 0.1) is 6.92 Å². The summed E-state index contributed by atoms with van der Waals surface area (Å²) in [5, 5.41) is 4.80. The largest absolute Gasteiger partial charge is 0.331 e. The Morgan fingerprint density at radius 3 is 2.59 bits per heavy atom. The van der Waals surface area contributed by atoms with Crippen molar-refractivity contribution in [3.05, 3.63) is 35.4 Å². The normalized spacial score (nSPS) is 11.7. The lowest BCUT2D eigenvalue weighted by Gasteiger charge is -2.16. The fourth-order valence-electron chi connectivity index (χ4n) is 1.54. The molecule has 0 bridgehead atoms. The molecule has 17 heavy (non-hydrogen) atoms. The molecular weight excluding hydrogens is 240 g/mol. The molecule has 0 fully saturated rings. The van der Waals surface area contributed by atoms with E-state index in [0.717, 1.165) is 11.1 Å². The number of aryl methyl sites for hydroxylation is 1. The van der Waals surface area contributed by atoms with Crippen molar-refractivity contribution in [1.29, 1.82) is 0 Å². The number of rotatable bonds is 3. The molecule has 1 rings (SSSR count). The van der Waals surface area contributed by atoms with Crippen molar-refractivity contribution in [2.45, 2.75) is 19.9 Å². The number of amides is 3. The van der Waals surface area contributed by atoms with Crippen LogP contribution in [0.5, 0.6) is 0 Å². The minimum Gasteiger partial charge on any atom is -0.331 e. The van der Waals surface area contributed by atoms with Gasteiger partial charge in [0.2, 0.25) is 5.91 Å². The van der Waals surface area contributed by atoms with Crippen molar-refractivity contribution in [1.82, 2.24) is 10.6 Å². The van der Waals surface area contributed by atoms with Crippen LogP contribution in [0.3, 0.4) is 0 Å². The number of nitrogens with one attached hydrogen (secondary N) is 2. The first-order chi connectivity index (χ1) is 8.04. The predicted octanol–water partition coefficient (Wildman–Crippen LogP) is 2.12. The molecule has 92 valence electrons. The number of urea groups is 1. The second-order valence-electron chi connectivity index (χ2n) is 3.73. The van der Waals surface area contributed by atoms with Gasteiger partial charge in [0.25, 0.3) is 0 Å². The average molecular weight is 255 g/mol. The third kappa shape index (κ3) is 4.07.